The van der Waals surface area contributed by atoms with Crippen LogP contribution < -0.4 is 9.64 Å². The maximum absolute atomic E-state index is 10.4. The summed E-state index contributed by atoms with van der Waals surface area (Å²) in [5.41, 5.74) is 2.52. The summed E-state index contributed by atoms with van der Waals surface area (Å²) < 4.78 is 11.5. The number of rotatable bonds is 9. The zero-order valence-corrected chi connectivity index (χ0v) is 19.2. The minimum atomic E-state index is -0.0287. The van der Waals surface area contributed by atoms with E-state index >= 15 is 0 Å². The molecule has 9 heteroatoms. The molecule has 1 N–H and O–H groups in total. The molecule has 0 amide bonds. The number of ether oxygens (including phenoxy) is 2. The van der Waals surface area contributed by atoms with Crippen LogP contribution in [0.2, 0.25) is 0 Å². The Morgan fingerprint density at radius 2 is 2.12 bits per heavy atom. The third-order valence-corrected chi connectivity index (χ3v) is 6.55. The lowest BCUT2D eigenvalue weighted by Crippen LogP contribution is -2.53. The van der Waals surface area contributed by atoms with Crippen molar-refractivity contribution < 1.29 is 14.3 Å². The summed E-state index contributed by atoms with van der Waals surface area (Å²) in [7, 11) is 0. The highest BCUT2D eigenvalue weighted by Crippen LogP contribution is 2.40. The van der Waals surface area contributed by atoms with Gasteiger partial charge in [-0.3, -0.25) is 10.00 Å². The van der Waals surface area contributed by atoms with Gasteiger partial charge in [0.1, 0.15) is 42.1 Å². The number of aldehydes is 1. The monoisotopic (exact) mass is 450 g/mol. The lowest BCUT2D eigenvalue weighted by Gasteiger charge is -2.40. The number of H-pyrrole nitrogens is 1. The van der Waals surface area contributed by atoms with Gasteiger partial charge in [0, 0.05) is 43.7 Å². The molecule has 2 aromatic heterocycles. The normalized spacial score (nSPS) is 20.2. The first kappa shape index (κ1) is 21.8. The van der Waals surface area contributed by atoms with E-state index in [4.69, 9.17) is 9.47 Å². The number of carbonyl (C=O) groups is 1. The highest BCUT2D eigenvalue weighted by molar-refractivity contribution is 5.93. The minimum absolute atomic E-state index is 0.0287. The quantitative estimate of drug-likeness (QED) is 0.393. The van der Waals surface area contributed by atoms with Gasteiger partial charge in [-0.15, -0.1) is 0 Å². The molecule has 1 saturated heterocycles. The zero-order chi connectivity index (χ0) is 22.8. The molecule has 5 rings (SSSR count). The van der Waals surface area contributed by atoms with Crippen LogP contribution in [0.3, 0.4) is 0 Å². The number of nitrogens with one attached hydrogen (secondary N) is 1. The Morgan fingerprint density at radius 3 is 2.91 bits per heavy atom. The Labute approximate surface area is 193 Å². The second-order valence-electron chi connectivity index (χ2n) is 9.17. The Kier molecular flexibility index (Phi) is 5.99. The molecule has 2 aliphatic rings. The number of carbonyl (C=O) groups excluding carboxylic acids is 1. The highest BCUT2D eigenvalue weighted by atomic mass is 16.5. The summed E-state index contributed by atoms with van der Waals surface area (Å²) in [5.74, 6) is 1.76. The molecule has 0 unspecified atom stereocenters. The van der Waals surface area contributed by atoms with Gasteiger partial charge < -0.3 is 19.2 Å². The van der Waals surface area contributed by atoms with Gasteiger partial charge in [-0.2, -0.15) is 5.10 Å². The molecule has 1 atom stereocenters. The second-order valence-corrected chi connectivity index (χ2v) is 9.17. The van der Waals surface area contributed by atoms with E-state index in [9.17, 15) is 4.79 Å². The van der Waals surface area contributed by atoms with E-state index in [0.29, 0.717) is 12.6 Å². The molecule has 2 fully saturated rings. The molecule has 3 aromatic rings. The third kappa shape index (κ3) is 4.84. The Balaban J connectivity index is 1.31. The van der Waals surface area contributed by atoms with Crippen LogP contribution in [0.1, 0.15) is 26.7 Å². The van der Waals surface area contributed by atoms with Gasteiger partial charge in [-0.25, -0.2) is 9.97 Å². The average Bonchev–Trinajstić information content (AvgIpc) is 3.39. The van der Waals surface area contributed by atoms with Crippen LogP contribution in [0.25, 0.3) is 22.3 Å². The molecule has 1 aliphatic carbocycles. The maximum Gasteiger partial charge on any atom is 0.145 e. The van der Waals surface area contributed by atoms with Crippen molar-refractivity contribution in [1.29, 1.82) is 0 Å². The first-order chi connectivity index (χ1) is 16.0. The topological polar surface area (TPSA) is 96.5 Å². The molecular weight excluding hydrogens is 420 g/mol. The van der Waals surface area contributed by atoms with Crippen molar-refractivity contribution >= 4 is 23.0 Å². The fourth-order valence-corrected chi connectivity index (χ4v) is 4.31. The van der Waals surface area contributed by atoms with E-state index in [1.807, 2.05) is 24.3 Å². The van der Waals surface area contributed by atoms with Crippen LogP contribution in [0.4, 0.5) is 5.82 Å². The summed E-state index contributed by atoms with van der Waals surface area (Å²) in [5, 5.41) is 8.65. The summed E-state index contributed by atoms with van der Waals surface area (Å²) in [6, 6.07) is 8.42. The third-order valence-electron chi connectivity index (χ3n) is 6.55. The first-order valence-corrected chi connectivity index (χ1v) is 11.5. The summed E-state index contributed by atoms with van der Waals surface area (Å²) in [6.07, 6.45) is 4.59. The smallest absolute Gasteiger partial charge is 0.145 e. The maximum atomic E-state index is 10.4. The van der Waals surface area contributed by atoms with Crippen molar-refractivity contribution in [2.45, 2.75) is 38.3 Å². The summed E-state index contributed by atoms with van der Waals surface area (Å²) >= 11 is 0. The molecule has 9 nitrogen and oxygen atoms in total. The van der Waals surface area contributed by atoms with Crippen molar-refractivity contribution in [3.63, 3.8) is 0 Å². The summed E-state index contributed by atoms with van der Waals surface area (Å²) in [6.45, 7) is 8.54. The van der Waals surface area contributed by atoms with Crippen LogP contribution in [0, 0.1) is 0 Å². The van der Waals surface area contributed by atoms with Crippen LogP contribution in [-0.2, 0) is 9.53 Å². The number of aromatic amines is 1. The number of benzene rings is 1. The van der Waals surface area contributed by atoms with Gasteiger partial charge >= 0.3 is 0 Å². The van der Waals surface area contributed by atoms with E-state index in [-0.39, 0.29) is 12.2 Å². The van der Waals surface area contributed by atoms with Crippen LogP contribution in [0.5, 0.6) is 5.75 Å². The summed E-state index contributed by atoms with van der Waals surface area (Å²) in [4.78, 5) is 24.1. The largest absolute Gasteiger partial charge is 0.488 e. The molecule has 33 heavy (non-hydrogen) atoms. The molecule has 1 saturated carbocycles. The number of aromatic nitrogens is 4. The molecule has 174 valence electrons. The molecule has 3 heterocycles. The Bertz CT molecular complexity index is 1130. The predicted molar refractivity (Wildman–Crippen MR) is 126 cm³/mol. The van der Waals surface area contributed by atoms with E-state index in [2.05, 4.69) is 43.8 Å². The van der Waals surface area contributed by atoms with Crippen molar-refractivity contribution in [2.24, 2.45) is 0 Å². The standard InChI is InChI=1S/C24H30N6O3/c1-17-15-30(8-7-29(17)9-11-32-12-10-31)22-14-21(25-16-26-22)23-19-13-18(33-24(2)5-6-24)3-4-20(19)27-28-23/h3-4,10,13-14,16-17H,5-9,11-12,15H2,1-2H3,(H,27,28)/t17-/m0/s1. The molecule has 0 bridgehead atoms. The van der Waals surface area contributed by atoms with E-state index < -0.39 is 0 Å². The van der Waals surface area contributed by atoms with Gasteiger partial charge in [-0.1, -0.05) is 0 Å². The van der Waals surface area contributed by atoms with Crippen molar-refractivity contribution in [2.75, 3.05) is 44.3 Å². The lowest BCUT2D eigenvalue weighted by molar-refractivity contribution is -0.112. The van der Waals surface area contributed by atoms with E-state index in [1.54, 1.807) is 6.33 Å². The molecular formula is C24H30N6O3. The molecule has 0 radical (unpaired) electrons. The lowest BCUT2D eigenvalue weighted by atomic mass is 10.1. The number of hydrogen-bond acceptors (Lipinski definition) is 8. The van der Waals surface area contributed by atoms with Crippen molar-refractivity contribution in [1.82, 2.24) is 25.1 Å². The van der Waals surface area contributed by atoms with Crippen LogP contribution in [-0.4, -0.2) is 82.4 Å². The number of hydrogen-bond donors (Lipinski definition) is 1. The van der Waals surface area contributed by atoms with Crippen molar-refractivity contribution in [3.05, 3.63) is 30.6 Å². The minimum Gasteiger partial charge on any atom is -0.488 e. The molecule has 1 aromatic carbocycles. The van der Waals surface area contributed by atoms with Gasteiger partial charge in [0.2, 0.25) is 0 Å². The Morgan fingerprint density at radius 1 is 1.24 bits per heavy atom. The fourth-order valence-electron chi connectivity index (χ4n) is 4.31. The zero-order valence-electron chi connectivity index (χ0n) is 19.2. The first-order valence-electron chi connectivity index (χ1n) is 11.5. The van der Waals surface area contributed by atoms with Crippen molar-refractivity contribution in [3.8, 4) is 17.1 Å². The van der Waals surface area contributed by atoms with Crippen LogP contribution in [0.15, 0.2) is 30.6 Å². The van der Waals surface area contributed by atoms with Gasteiger partial charge in [0.25, 0.3) is 0 Å². The van der Waals surface area contributed by atoms with Gasteiger partial charge in [-0.05, 0) is 44.9 Å². The molecule has 1 aliphatic heterocycles. The average molecular weight is 451 g/mol. The SMILES string of the molecule is C[C@H]1CN(c2cc(-c3n[nH]c4ccc(OC5(C)CC5)cc34)ncn2)CCN1CCOCC=O. The number of piperazine rings is 1. The highest BCUT2D eigenvalue weighted by Gasteiger charge is 2.40. The van der Waals surface area contributed by atoms with E-state index in [1.165, 1.54) is 0 Å². The van der Waals surface area contributed by atoms with Gasteiger partial charge in [0.15, 0.2) is 0 Å². The van der Waals surface area contributed by atoms with E-state index in [0.717, 1.165) is 79.2 Å². The number of fused-ring (bicyclic) bond motifs is 1. The second kappa shape index (κ2) is 9.07. The number of anilines is 1. The predicted octanol–water partition coefficient (Wildman–Crippen LogP) is 2.68. The number of nitrogens with zero attached hydrogens (tertiary/aromatic N) is 5. The van der Waals surface area contributed by atoms with Gasteiger partial charge in [0.05, 0.1) is 17.8 Å². The Hall–Kier alpha value is -3.04. The fraction of sp³-hybridized carbons (Fsp3) is 0.500. The van der Waals surface area contributed by atoms with Crippen LogP contribution >= 0.6 is 0 Å². The molecule has 0 spiro atoms.